The lowest BCUT2D eigenvalue weighted by molar-refractivity contribution is -0.120. The molecule has 8 heteroatoms. The molecule has 1 aliphatic heterocycles. The molecule has 1 saturated heterocycles. The number of para-hydroxylation sites is 1. The third kappa shape index (κ3) is 5.10. The number of rotatable bonds is 6. The molecule has 0 atom stereocenters. The zero-order valence-electron chi connectivity index (χ0n) is 17.9. The van der Waals surface area contributed by atoms with Gasteiger partial charge in [0.1, 0.15) is 10.7 Å². The van der Waals surface area contributed by atoms with E-state index in [-0.39, 0.29) is 33.7 Å². The smallest absolute Gasteiger partial charge is 0.266 e. The van der Waals surface area contributed by atoms with Crippen molar-refractivity contribution in [2.24, 2.45) is 0 Å². The van der Waals surface area contributed by atoms with Gasteiger partial charge in [0.25, 0.3) is 15.9 Å². The third-order valence-corrected chi connectivity index (χ3v) is 7.82. The number of nitrogens with zero attached hydrogens (tertiary/aromatic N) is 2. The largest absolute Gasteiger partial charge is 0.338 e. The zero-order chi connectivity index (χ0) is 23.4. The van der Waals surface area contributed by atoms with Gasteiger partial charge in [-0.25, -0.2) is 8.42 Å². The second-order valence-corrected chi connectivity index (χ2v) is 10.0. The van der Waals surface area contributed by atoms with Crippen LogP contribution in [0, 0.1) is 0 Å². The van der Waals surface area contributed by atoms with Gasteiger partial charge in [-0.2, -0.15) is 0 Å². The van der Waals surface area contributed by atoms with E-state index < -0.39 is 10.0 Å². The molecule has 1 amide bonds. The van der Waals surface area contributed by atoms with Crippen LogP contribution in [0.4, 0.5) is 5.69 Å². The van der Waals surface area contributed by atoms with Crippen molar-refractivity contribution in [1.29, 1.82) is 0 Å². The number of carbonyl (C=O) groups excluding carboxylic acids is 2. The molecule has 0 spiro atoms. The van der Waals surface area contributed by atoms with E-state index >= 15 is 0 Å². The lowest BCUT2D eigenvalue weighted by Crippen LogP contribution is -2.38. The summed E-state index contributed by atoms with van der Waals surface area (Å²) < 4.78 is 28.9. The number of carbonyl (C=O) groups is 2. The van der Waals surface area contributed by atoms with Gasteiger partial charge in [0, 0.05) is 31.5 Å². The summed E-state index contributed by atoms with van der Waals surface area (Å²) in [6.07, 6.45) is 0.618. The Balaban J connectivity index is 1.72. The highest BCUT2D eigenvalue weighted by molar-refractivity contribution is 7.93. The molecule has 3 aromatic rings. The van der Waals surface area contributed by atoms with E-state index in [1.54, 1.807) is 29.2 Å². The van der Waals surface area contributed by atoms with Gasteiger partial charge in [-0.05, 0) is 35.9 Å². The first-order chi connectivity index (χ1) is 15.9. The molecule has 0 radical (unpaired) electrons. The molecule has 33 heavy (non-hydrogen) atoms. The van der Waals surface area contributed by atoms with Gasteiger partial charge in [-0.15, -0.1) is 0 Å². The van der Waals surface area contributed by atoms with Crippen LogP contribution >= 0.6 is 11.6 Å². The number of amides is 1. The minimum Gasteiger partial charge on any atom is -0.338 e. The molecule has 0 aromatic heterocycles. The zero-order valence-corrected chi connectivity index (χ0v) is 19.4. The number of piperidine rings is 1. The molecule has 170 valence electrons. The monoisotopic (exact) mass is 482 g/mol. The quantitative estimate of drug-likeness (QED) is 0.517. The molecule has 0 aliphatic carbocycles. The Hall–Kier alpha value is -3.16. The Morgan fingerprint density at radius 3 is 2.15 bits per heavy atom. The Kier molecular flexibility index (Phi) is 6.81. The summed E-state index contributed by atoms with van der Waals surface area (Å²) in [6.45, 7) is 0.759. The second-order valence-electron chi connectivity index (χ2n) is 7.81. The highest BCUT2D eigenvalue weighted by atomic mass is 35.5. The molecular formula is C25H23ClN2O4S. The lowest BCUT2D eigenvalue weighted by Gasteiger charge is -2.27. The first-order valence-corrected chi connectivity index (χ1v) is 12.4. The van der Waals surface area contributed by atoms with Crippen LogP contribution in [0.25, 0.3) is 0 Å². The Morgan fingerprint density at radius 1 is 0.909 bits per heavy atom. The average molecular weight is 483 g/mol. The van der Waals surface area contributed by atoms with Crippen LogP contribution in [0.5, 0.6) is 0 Å². The van der Waals surface area contributed by atoms with Gasteiger partial charge in [-0.1, -0.05) is 60.1 Å². The van der Waals surface area contributed by atoms with Crippen LogP contribution in [0.2, 0.25) is 5.02 Å². The number of benzene rings is 3. The van der Waals surface area contributed by atoms with Gasteiger partial charge < -0.3 is 4.90 Å². The van der Waals surface area contributed by atoms with E-state index in [9.17, 15) is 18.0 Å². The topological polar surface area (TPSA) is 74.8 Å². The Morgan fingerprint density at radius 2 is 1.52 bits per heavy atom. The fraction of sp³-hybridized carbons (Fsp3) is 0.200. The van der Waals surface area contributed by atoms with Gasteiger partial charge in [0.05, 0.1) is 17.3 Å². The molecule has 1 aliphatic rings. The molecule has 0 saturated carbocycles. The minimum absolute atomic E-state index is 0.0364. The van der Waals surface area contributed by atoms with Crippen molar-refractivity contribution in [3.63, 3.8) is 0 Å². The number of hydrogen-bond acceptors (Lipinski definition) is 4. The van der Waals surface area contributed by atoms with E-state index in [0.29, 0.717) is 31.6 Å². The van der Waals surface area contributed by atoms with Crippen molar-refractivity contribution in [1.82, 2.24) is 4.90 Å². The van der Waals surface area contributed by atoms with Crippen LogP contribution in [0.1, 0.15) is 28.8 Å². The molecule has 0 bridgehead atoms. The van der Waals surface area contributed by atoms with Crippen LogP contribution in [0.3, 0.4) is 0 Å². The van der Waals surface area contributed by atoms with Gasteiger partial charge in [0.15, 0.2) is 0 Å². The number of likely N-dealkylation sites (tertiary alicyclic amines) is 1. The summed E-state index contributed by atoms with van der Waals surface area (Å²) in [6, 6.07) is 22.3. The molecular weight excluding hydrogens is 460 g/mol. The fourth-order valence-electron chi connectivity index (χ4n) is 3.75. The van der Waals surface area contributed by atoms with Crippen molar-refractivity contribution in [2.45, 2.75) is 24.3 Å². The van der Waals surface area contributed by atoms with Crippen molar-refractivity contribution >= 4 is 39.0 Å². The number of hydrogen-bond donors (Lipinski definition) is 0. The van der Waals surface area contributed by atoms with Crippen LogP contribution in [-0.2, 0) is 21.4 Å². The molecule has 1 fully saturated rings. The van der Waals surface area contributed by atoms with Crippen molar-refractivity contribution < 1.29 is 18.0 Å². The van der Waals surface area contributed by atoms with Crippen LogP contribution in [-0.4, -0.2) is 38.1 Å². The van der Waals surface area contributed by atoms with E-state index in [2.05, 4.69) is 0 Å². The summed E-state index contributed by atoms with van der Waals surface area (Å²) in [5.74, 6) is -0.192. The maximum absolute atomic E-state index is 13.8. The number of sulfonamides is 1. The summed E-state index contributed by atoms with van der Waals surface area (Å²) in [4.78, 5) is 25.9. The number of halogens is 1. The van der Waals surface area contributed by atoms with Crippen LogP contribution < -0.4 is 4.31 Å². The predicted molar refractivity (Wildman–Crippen MR) is 128 cm³/mol. The Bertz CT molecular complexity index is 1250. The number of anilines is 1. The highest BCUT2D eigenvalue weighted by Gasteiger charge is 2.30. The predicted octanol–water partition coefficient (Wildman–Crippen LogP) is 4.54. The molecule has 4 rings (SSSR count). The van der Waals surface area contributed by atoms with Crippen molar-refractivity contribution in [3.05, 3.63) is 95.0 Å². The van der Waals surface area contributed by atoms with E-state index in [1.807, 2.05) is 36.4 Å². The van der Waals surface area contributed by atoms with E-state index in [4.69, 9.17) is 11.6 Å². The molecule has 6 nitrogen and oxygen atoms in total. The molecule has 1 heterocycles. The SMILES string of the molecule is O=C1CCN(C(=O)c2ccc(Cl)c(S(=O)(=O)N(Cc3ccccc3)c3ccccc3)c2)CC1. The van der Waals surface area contributed by atoms with Crippen molar-refractivity contribution in [3.8, 4) is 0 Å². The first kappa shape index (κ1) is 23.0. The van der Waals surface area contributed by atoms with E-state index in [0.717, 1.165) is 5.56 Å². The first-order valence-electron chi connectivity index (χ1n) is 10.6. The second kappa shape index (κ2) is 9.77. The highest BCUT2D eigenvalue weighted by Crippen LogP contribution is 2.31. The standard InChI is InChI=1S/C25H23ClN2O4S/c26-23-12-11-20(25(30)27-15-13-22(29)14-16-27)17-24(23)33(31,32)28(21-9-5-2-6-10-21)18-19-7-3-1-4-8-19/h1-12,17H,13-16,18H2. The summed E-state index contributed by atoms with van der Waals surface area (Å²) >= 11 is 6.35. The molecule has 0 N–H and O–H groups in total. The number of ketones is 1. The van der Waals surface area contributed by atoms with Gasteiger partial charge >= 0.3 is 0 Å². The maximum atomic E-state index is 13.8. The number of Topliss-reactive ketones (excluding diaryl/α,β-unsaturated/α-hetero) is 1. The summed E-state index contributed by atoms with van der Waals surface area (Å²) in [5, 5.41) is 0.0364. The van der Waals surface area contributed by atoms with Gasteiger partial charge in [0.2, 0.25) is 0 Å². The lowest BCUT2D eigenvalue weighted by atomic mass is 10.1. The maximum Gasteiger partial charge on any atom is 0.266 e. The van der Waals surface area contributed by atoms with Gasteiger partial charge in [-0.3, -0.25) is 13.9 Å². The van der Waals surface area contributed by atoms with E-state index in [1.165, 1.54) is 22.5 Å². The van der Waals surface area contributed by atoms with Crippen LogP contribution in [0.15, 0.2) is 83.8 Å². The average Bonchev–Trinajstić information content (AvgIpc) is 2.84. The summed E-state index contributed by atoms with van der Waals surface area (Å²) in [5.41, 5.74) is 1.52. The summed E-state index contributed by atoms with van der Waals surface area (Å²) in [7, 11) is -4.10. The Labute approximate surface area is 198 Å². The molecule has 0 unspecified atom stereocenters. The fourth-order valence-corrected chi connectivity index (χ4v) is 5.71. The third-order valence-electron chi connectivity index (χ3n) is 5.57. The molecule has 3 aromatic carbocycles. The minimum atomic E-state index is -4.10. The van der Waals surface area contributed by atoms with Crippen molar-refractivity contribution in [2.75, 3.05) is 17.4 Å². The normalized spacial score (nSPS) is 14.2.